The highest BCUT2D eigenvalue weighted by Gasteiger charge is 2.26. The van der Waals surface area contributed by atoms with Crippen LogP contribution in [0.25, 0.3) is 11.0 Å². The Bertz CT molecular complexity index is 1240. The molecule has 0 saturated carbocycles. The summed E-state index contributed by atoms with van der Waals surface area (Å²) < 4.78 is 19.0. The van der Waals surface area contributed by atoms with Gasteiger partial charge in [-0.05, 0) is 36.8 Å². The van der Waals surface area contributed by atoms with E-state index in [1.165, 1.54) is 5.56 Å². The third-order valence-electron chi connectivity index (χ3n) is 6.05. The van der Waals surface area contributed by atoms with Crippen LogP contribution in [0.15, 0.2) is 54.6 Å². The number of nitrogens with zero attached hydrogens (tertiary/aromatic N) is 5. The maximum absolute atomic E-state index is 5.96. The Labute approximate surface area is 199 Å². The van der Waals surface area contributed by atoms with E-state index < -0.39 is 0 Å². The maximum Gasteiger partial charge on any atom is 0.213 e. The lowest BCUT2D eigenvalue weighted by Gasteiger charge is -2.31. The van der Waals surface area contributed by atoms with Gasteiger partial charge in [0.15, 0.2) is 0 Å². The van der Waals surface area contributed by atoms with Crippen molar-refractivity contribution in [3.05, 3.63) is 77.4 Å². The molecule has 1 aliphatic heterocycles. The minimum atomic E-state index is 0.118. The van der Waals surface area contributed by atoms with E-state index in [1.807, 2.05) is 36.4 Å². The summed E-state index contributed by atoms with van der Waals surface area (Å²) in [6.07, 6.45) is 0. The van der Waals surface area contributed by atoms with Gasteiger partial charge in [0.2, 0.25) is 11.8 Å². The van der Waals surface area contributed by atoms with Crippen molar-refractivity contribution in [3.8, 4) is 11.8 Å². The molecule has 0 bridgehead atoms. The molecular weight excluding hydrogens is 430 g/mol. The van der Waals surface area contributed by atoms with Crippen molar-refractivity contribution in [2.24, 2.45) is 0 Å². The number of ether oxygens (including phenoxy) is 3. The first-order valence-electron chi connectivity index (χ1n) is 11.4. The van der Waals surface area contributed by atoms with E-state index in [1.54, 1.807) is 14.2 Å². The summed E-state index contributed by atoms with van der Waals surface area (Å²) in [7, 11) is 3.27. The number of rotatable bonds is 8. The van der Waals surface area contributed by atoms with Crippen LogP contribution in [0.1, 0.15) is 28.8 Å². The number of methoxy groups -OCH3 is 2. The molecule has 3 aromatic heterocycles. The molecule has 8 nitrogen and oxygen atoms in total. The van der Waals surface area contributed by atoms with Gasteiger partial charge in [0.1, 0.15) is 12.4 Å². The maximum atomic E-state index is 5.96. The fourth-order valence-electron chi connectivity index (χ4n) is 4.52. The second-order valence-corrected chi connectivity index (χ2v) is 8.57. The van der Waals surface area contributed by atoms with E-state index in [9.17, 15) is 0 Å². The molecule has 0 spiro atoms. The molecule has 5 rings (SSSR count). The number of aryl methyl sites for hydroxylation is 1. The average molecular weight is 460 g/mol. The molecule has 4 aromatic rings. The van der Waals surface area contributed by atoms with Crippen LogP contribution >= 0.6 is 0 Å². The Morgan fingerprint density at radius 2 is 1.62 bits per heavy atom. The summed E-state index contributed by atoms with van der Waals surface area (Å²) in [4.78, 5) is 16.5. The van der Waals surface area contributed by atoms with E-state index in [0.29, 0.717) is 38.1 Å². The molecule has 1 aliphatic rings. The lowest BCUT2D eigenvalue weighted by atomic mass is 10.2. The number of hydrogen-bond donors (Lipinski definition) is 0. The van der Waals surface area contributed by atoms with Crippen molar-refractivity contribution in [2.75, 3.05) is 27.4 Å². The molecule has 4 heterocycles. The number of aromatic nitrogens is 4. The van der Waals surface area contributed by atoms with E-state index in [0.717, 1.165) is 34.8 Å². The van der Waals surface area contributed by atoms with Crippen molar-refractivity contribution >= 4 is 11.0 Å². The summed E-state index contributed by atoms with van der Waals surface area (Å²) in [6, 6.07) is 18.3. The van der Waals surface area contributed by atoms with Crippen LogP contribution in [0.4, 0.5) is 0 Å². The Kier molecular flexibility index (Phi) is 6.42. The van der Waals surface area contributed by atoms with Crippen molar-refractivity contribution < 1.29 is 14.2 Å². The van der Waals surface area contributed by atoms with E-state index in [4.69, 9.17) is 19.2 Å². The smallest absolute Gasteiger partial charge is 0.213 e. The van der Waals surface area contributed by atoms with E-state index in [-0.39, 0.29) is 6.04 Å². The summed E-state index contributed by atoms with van der Waals surface area (Å²) in [6.45, 7) is 5.29. The molecule has 0 saturated heterocycles. The van der Waals surface area contributed by atoms with Crippen molar-refractivity contribution in [1.82, 2.24) is 24.4 Å². The topological polar surface area (TPSA) is 74.5 Å². The van der Waals surface area contributed by atoms with Crippen molar-refractivity contribution in [1.29, 1.82) is 0 Å². The van der Waals surface area contributed by atoms with Crippen LogP contribution < -0.4 is 9.47 Å². The molecular formula is C26H29N5O3. The second-order valence-electron chi connectivity index (χ2n) is 8.57. The van der Waals surface area contributed by atoms with Crippen LogP contribution in [-0.4, -0.2) is 51.8 Å². The van der Waals surface area contributed by atoms with Crippen LogP contribution in [0.5, 0.6) is 11.8 Å². The van der Waals surface area contributed by atoms with Gasteiger partial charge in [0, 0.05) is 31.8 Å². The van der Waals surface area contributed by atoms with Gasteiger partial charge in [0.05, 0.1) is 49.3 Å². The number of benzene rings is 1. The van der Waals surface area contributed by atoms with Gasteiger partial charge in [-0.1, -0.05) is 18.2 Å². The first kappa shape index (κ1) is 22.3. The third-order valence-corrected chi connectivity index (χ3v) is 6.05. The quantitative estimate of drug-likeness (QED) is 0.395. The fraction of sp³-hybridized carbons (Fsp3) is 0.346. The summed E-state index contributed by atoms with van der Waals surface area (Å²) >= 11 is 0. The van der Waals surface area contributed by atoms with Gasteiger partial charge in [-0.3, -0.25) is 4.90 Å². The molecule has 176 valence electrons. The lowest BCUT2D eigenvalue weighted by molar-refractivity contribution is 0.0398. The Morgan fingerprint density at radius 3 is 2.26 bits per heavy atom. The predicted molar refractivity (Wildman–Crippen MR) is 129 cm³/mol. The van der Waals surface area contributed by atoms with Crippen LogP contribution in [0.3, 0.4) is 0 Å². The van der Waals surface area contributed by atoms with Gasteiger partial charge >= 0.3 is 0 Å². The van der Waals surface area contributed by atoms with Crippen molar-refractivity contribution in [2.45, 2.75) is 32.7 Å². The summed E-state index contributed by atoms with van der Waals surface area (Å²) in [5.74, 6) is 2.18. The first-order chi connectivity index (χ1) is 16.6. The normalized spacial score (nSPS) is 15.5. The zero-order chi connectivity index (χ0) is 23.5. The van der Waals surface area contributed by atoms with Crippen LogP contribution in [-0.2, 0) is 24.4 Å². The second kappa shape index (κ2) is 9.79. The van der Waals surface area contributed by atoms with Crippen molar-refractivity contribution in [3.63, 3.8) is 0 Å². The van der Waals surface area contributed by atoms with Crippen LogP contribution in [0.2, 0.25) is 0 Å². The SMILES string of the molecule is COc1cccc(CN(Cc2cccc(OC)n2)C[C@H]2COCc3nc4cc(C)ccc4n32)n1. The number of hydrogen-bond acceptors (Lipinski definition) is 7. The highest BCUT2D eigenvalue weighted by Crippen LogP contribution is 2.28. The van der Waals surface area contributed by atoms with Gasteiger partial charge in [0.25, 0.3) is 0 Å². The van der Waals surface area contributed by atoms with Gasteiger partial charge in [-0.15, -0.1) is 0 Å². The number of pyridine rings is 2. The van der Waals surface area contributed by atoms with Gasteiger partial charge in [-0.2, -0.15) is 0 Å². The zero-order valence-electron chi connectivity index (χ0n) is 19.8. The van der Waals surface area contributed by atoms with E-state index >= 15 is 0 Å². The Morgan fingerprint density at radius 1 is 0.941 bits per heavy atom. The largest absolute Gasteiger partial charge is 0.481 e. The molecule has 0 aliphatic carbocycles. The molecule has 0 radical (unpaired) electrons. The van der Waals surface area contributed by atoms with Gasteiger partial charge < -0.3 is 18.8 Å². The fourth-order valence-corrected chi connectivity index (χ4v) is 4.52. The minimum Gasteiger partial charge on any atom is -0.481 e. The average Bonchev–Trinajstić information content (AvgIpc) is 3.22. The zero-order valence-corrected chi connectivity index (χ0v) is 19.8. The Balaban J connectivity index is 1.46. The molecule has 1 aromatic carbocycles. The highest BCUT2D eigenvalue weighted by molar-refractivity contribution is 5.77. The summed E-state index contributed by atoms with van der Waals surface area (Å²) in [5.41, 5.74) is 5.24. The highest BCUT2D eigenvalue weighted by atomic mass is 16.5. The molecule has 34 heavy (non-hydrogen) atoms. The monoisotopic (exact) mass is 459 g/mol. The third kappa shape index (κ3) is 4.73. The van der Waals surface area contributed by atoms with Gasteiger partial charge in [-0.25, -0.2) is 15.0 Å². The number of fused-ring (bicyclic) bond motifs is 3. The van der Waals surface area contributed by atoms with E-state index in [2.05, 4.69) is 44.6 Å². The first-order valence-corrected chi connectivity index (χ1v) is 11.4. The number of imidazole rings is 1. The lowest BCUT2D eigenvalue weighted by Crippen LogP contribution is -2.35. The molecule has 1 atom stereocenters. The molecule has 0 unspecified atom stereocenters. The minimum absolute atomic E-state index is 0.118. The predicted octanol–water partition coefficient (Wildman–Crippen LogP) is 3.93. The standard InChI is InChI=1S/C26H29N5O3/c1-18-10-11-23-22(12-18)29-24-17-34-16-21(31(23)24)15-30(13-19-6-4-8-25(27-19)32-2)14-20-7-5-9-26(28-20)33-3/h4-12,21H,13-17H2,1-3H3/t21-/m0/s1. The molecule has 0 fully saturated rings. The summed E-state index contributed by atoms with van der Waals surface area (Å²) in [5, 5.41) is 0. The molecule has 8 heteroatoms. The molecule has 0 N–H and O–H groups in total. The Hall–Kier alpha value is -3.49. The van der Waals surface area contributed by atoms with Crippen LogP contribution in [0, 0.1) is 6.92 Å². The molecule has 0 amide bonds.